The summed E-state index contributed by atoms with van der Waals surface area (Å²) >= 11 is 3.32. The molecule has 19 heavy (non-hydrogen) atoms. The highest BCUT2D eigenvalue weighted by Gasteiger charge is 2.22. The zero-order valence-corrected chi connectivity index (χ0v) is 12.6. The molecule has 0 bridgehead atoms. The van der Waals surface area contributed by atoms with Crippen molar-refractivity contribution in [2.75, 3.05) is 18.9 Å². The SMILES string of the molecule is CC(NC(=O)c1ccc(Br)c(N)c1)C1CCOCC1. The van der Waals surface area contributed by atoms with Crippen LogP contribution in [0.3, 0.4) is 0 Å². The third-order valence-corrected chi connectivity index (χ3v) is 4.31. The maximum Gasteiger partial charge on any atom is 0.251 e. The summed E-state index contributed by atoms with van der Waals surface area (Å²) in [5, 5.41) is 3.05. The molecule has 0 spiro atoms. The number of ether oxygens (including phenoxy) is 1. The first-order valence-corrected chi connectivity index (χ1v) is 7.31. The highest BCUT2D eigenvalue weighted by Crippen LogP contribution is 2.21. The zero-order valence-electron chi connectivity index (χ0n) is 11.0. The number of hydrogen-bond acceptors (Lipinski definition) is 3. The van der Waals surface area contributed by atoms with Gasteiger partial charge in [-0.15, -0.1) is 0 Å². The molecule has 0 aromatic heterocycles. The lowest BCUT2D eigenvalue weighted by Crippen LogP contribution is -2.40. The Labute approximate surface area is 121 Å². The first kappa shape index (κ1) is 14.3. The van der Waals surface area contributed by atoms with Gasteiger partial charge in [-0.3, -0.25) is 4.79 Å². The van der Waals surface area contributed by atoms with Crippen molar-refractivity contribution in [3.8, 4) is 0 Å². The van der Waals surface area contributed by atoms with E-state index in [1.807, 2.05) is 0 Å². The van der Waals surface area contributed by atoms with Gasteiger partial charge in [0.05, 0.1) is 0 Å². The highest BCUT2D eigenvalue weighted by molar-refractivity contribution is 9.10. The average molecular weight is 327 g/mol. The van der Waals surface area contributed by atoms with Crippen LogP contribution in [-0.4, -0.2) is 25.2 Å². The summed E-state index contributed by atoms with van der Waals surface area (Å²) in [7, 11) is 0. The third kappa shape index (κ3) is 3.70. The standard InChI is InChI=1S/C14H19BrN2O2/c1-9(10-4-6-19-7-5-10)17-14(18)11-2-3-12(15)13(16)8-11/h2-3,8-10H,4-7,16H2,1H3,(H,17,18). The summed E-state index contributed by atoms with van der Waals surface area (Å²) in [4.78, 5) is 12.1. The summed E-state index contributed by atoms with van der Waals surface area (Å²) in [6, 6.07) is 5.41. The van der Waals surface area contributed by atoms with Gasteiger partial charge in [0.1, 0.15) is 0 Å². The van der Waals surface area contributed by atoms with Crippen molar-refractivity contribution in [1.29, 1.82) is 0 Å². The van der Waals surface area contributed by atoms with E-state index in [0.29, 0.717) is 17.2 Å². The lowest BCUT2D eigenvalue weighted by Gasteiger charge is -2.28. The van der Waals surface area contributed by atoms with Gasteiger partial charge >= 0.3 is 0 Å². The largest absolute Gasteiger partial charge is 0.398 e. The normalized spacial score (nSPS) is 18.0. The van der Waals surface area contributed by atoms with Crippen molar-refractivity contribution < 1.29 is 9.53 Å². The van der Waals surface area contributed by atoms with E-state index in [2.05, 4.69) is 28.2 Å². The minimum atomic E-state index is -0.0711. The van der Waals surface area contributed by atoms with Gasteiger partial charge < -0.3 is 15.8 Å². The number of hydrogen-bond donors (Lipinski definition) is 2. The van der Waals surface area contributed by atoms with Gasteiger partial charge in [-0.05, 0) is 59.8 Å². The molecule has 1 fully saturated rings. The third-order valence-electron chi connectivity index (χ3n) is 3.59. The number of anilines is 1. The molecule has 3 N–H and O–H groups in total. The molecule has 1 amide bonds. The van der Waals surface area contributed by atoms with Crippen LogP contribution >= 0.6 is 15.9 Å². The van der Waals surface area contributed by atoms with Gasteiger partial charge in [0.25, 0.3) is 5.91 Å². The van der Waals surface area contributed by atoms with Crippen LogP contribution in [0, 0.1) is 5.92 Å². The number of carbonyl (C=O) groups excluding carboxylic acids is 1. The molecule has 1 aromatic rings. The van der Waals surface area contributed by atoms with E-state index in [9.17, 15) is 4.79 Å². The van der Waals surface area contributed by atoms with E-state index < -0.39 is 0 Å². The van der Waals surface area contributed by atoms with E-state index in [-0.39, 0.29) is 11.9 Å². The fourth-order valence-corrected chi connectivity index (χ4v) is 2.56. The molecule has 5 heteroatoms. The second-order valence-corrected chi connectivity index (χ2v) is 5.80. The Morgan fingerprint density at radius 3 is 2.79 bits per heavy atom. The molecule has 104 valence electrons. The zero-order chi connectivity index (χ0) is 13.8. The molecule has 0 radical (unpaired) electrons. The Morgan fingerprint density at radius 1 is 1.47 bits per heavy atom. The first-order chi connectivity index (χ1) is 9.08. The number of benzene rings is 1. The number of amides is 1. The van der Waals surface area contributed by atoms with Crippen LogP contribution in [0.25, 0.3) is 0 Å². The Kier molecular flexibility index (Phi) is 4.82. The lowest BCUT2D eigenvalue weighted by molar-refractivity contribution is 0.0538. The van der Waals surface area contributed by atoms with Crippen LogP contribution in [0.4, 0.5) is 5.69 Å². The Hall–Kier alpha value is -1.07. The summed E-state index contributed by atoms with van der Waals surface area (Å²) in [6.45, 7) is 3.63. The molecule has 1 aliphatic heterocycles. The van der Waals surface area contributed by atoms with Crippen molar-refractivity contribution in [2.24, 2.45) is 5.92 Å². The maximum absolute atomic E-state index is 12.1. The first-order valence-electron chi connectivity index (χ1n) is 6.51. The predicted octanol–water partition coefficient (Wildman–Crippen LogP) is 2.58. The molecule has 1 heterocycles. The van der Waals surface area contributed by atoms with Crippen LogP contribution in [0.5, 0.6) is 0 Å². The van der Waals surface area contributed by atoms with E-state index in [4.69, 9.17) is 10.5 Å². The van der Waals surface area contributed by atoms with Crippen LogP contribution in [0.2, 0.25) is 0 Å². The van der Waals surface area contributed by atoms with Crippen LogP contribution in [-0.2, 0) is 4.74 Å². The van der Waals surface area contributed by atoms with Gasteiger partial charge in [0, 0.05) is 35.0 Å². The lowest BCUT2D eigenvalue weighted by atomic mass is 9.93. The second-order valence-electron chi connectivity index (χ2n) is 4.95. The molecule has 4 nitrogen and oxygen atoms in total. The fraction of sp³-hybridized carbons (Fsp3) is 0.500. The molecule has 1 saturated heterocycles. The Bertz CT molecular complexity index is 459. The predicted molar refractivity (Wildman–Crippen MR) is 79.0 cm³/mol. The average Bonchev–Trinajstić information content (AvgIpc) is 2.42. The van der Waals surface area contributed by atoms with Crippen molar-refractivity contribution >= 4 is 27.5 Å². The van der Waals surface area contributed by atoms with Gasteiger partial charge in [-0.25, -0.2) is 0 Å². The maximum atomic E-state index is 12.1. The molecule has 0 saturated carbocycles. The molecule has 1 aliphatic rings. The molecular formula is C14H19BrN2O2. The van der Waals surface area contributed by atoms with E-state index >= 15 is 0 Å². The van der Waals surface area contributed by atoms with E-state index in [1.165, 1.54) is 0 Å². The van der Waals surface area contributed by atoms with Gasteiger partial charge in [0.2, 0.25) is 0 Å². The molecular weight excluding hydrogens is 308 g/mol. The van der Waals surface area contributed by atoms with Crippen molar-refractivity contribution in [3.05, 3.63) is 28.2 Å². The smallest absolute Gasteiger partial charge is 0.251 e. The Balaban J connectivity index is 1.97. The minimum absolute atomic E-state index is 0.0711. The number of rotatable bonds is 3. The summed E-state index contributed by atoms with van der Waals surface area (Å²) < 4.78 is 6.14. The monoisotopic (exact) mass is 326 g/mol. The molecule has 2 rings (SSSR count). The van der Waals surface area contributed by atoms with Crippen molar-refractivity contribution in [1.82, 2.24) is 5.32 Å². The highest BCUT2D eigenvalue weighted by atomic mass is 79.9. The molecule has 1 aromatic carbocycles. The fourth-order valence-electron chi connectivity index (χ4n) is 2.31. The topological polar surface area (TPSA) is 64.4 Å². The molecule has 1 atom stereocenters. The second kappa shape index (κ2) is 6.39. The number of carbonyl (C=O) groups is 1. The van der Waals surface area contributed by atoms with Crippen LogP contribution in [0.1, 0.15) is 30.1 Å². The van der Waals surface area contributed by atoms with E-state index in [1.54, 1.807) is 18.2 Å². The number of nitrogens with two attached hydrogens (primary N) is 1. The molecule has 0 aliphatic carbocycles. The number of nitrogen functional groups attached to an aromatic ring is 1. The van der Waals surface area contributed by atoms with Gasteiger partial charge in [-0.1, -0.05) is 0 Å². The number of nitrogens with one attached hydrogen (secondary N) is 1. The van der Waals surface area contributed by atoms with Crippen molar-refractivity contribution in [3.63, 3.8) is 0 Å². The Morgan fingerprint density at radius 2 is 2.16 bits per heavy atom. The summed E-state index contributed by atoms with van der Waals surface area (Å²) in [6.07, 6.45) is 2.01. The summed E-state index contributed by atoms with van der Waals surface area (Å²) in [5.41, 5.74) is 6.96. The van der Waals surface area contributed by atoms with Gasteiger partial charge in [0.15, 0.2) is 0 Å². The minimum Gasteiger partial charge on any atom is -0.398 e. The van der Waals surface area contributed by atoms with Gasteiger partial charge in [-0.2, -0.15) is 0 Å². The number of halogens is 1. The van der Waals surface area contributed by atoms with Crippen LogP contribution < -0.4 is 11.1 Å². The van der Waals surface area contributed by atoms with Crippen LogP contribution in [0.15, 0.2) is 22.7 Å². The molecule has 1 unspecified atom stereocenters. The van der Waals surface area contributed by atoms with Crippen molar-refractivity contribution in [2.45, 2.75) is 25.8 Å². The van der Waals surface area contributed by atoms with E-state index in [0.717, 1.165) is 30.5 Å². The summed E-state index contributed by atoms with van der Waals surface area (Å²) in [5.74, 6) is 0.420. The quantitative estimate of drug-likeness (QED) is 0.839.